The molecule has 7 heteroatoms. The Hall–Kier alpha value is -2.15. The molecule has 1 saturated heterocycles. The normalized spacial score (nSPS) is 18.7. The fraction of sp³-hybridized carbons (Fsp3) is 0.375. The number of thioether (sulfide) groups is 1. The number of amides is 1. The SMILES string of the molecule is CC(C)N=C1S/C(=C/c2ccc([N+](=O)[O-])cc2)C(=O)N1C(C)C. The van der Waals surface area contributed by atoms with Crippen molar-refractivity contribution in [3.63, 3.8) is 0 Å². The molecule has 1 aromatic rings. The second-order valence-electron chi connectivity index (χ2n) is 5.73. The van der Waals surface area contributed by atoms with E-state index in [4.69, 9.17) is 0 Å². The predicted octanol–water partition coefficient (Wildman–Crippen LogP) is 3.68. The molecule has 0 spiro atoms. The number of amidine groups is 1. The van der Waals surface area contributed by atoms with E-state index in [1.54, 1.807) is 23.1 Å². The number of carbonyl (C=O) groups is 1. The average molecular weight is 333 g/mol. The van der Waals surface area contributed by atoms with E-state index in [1.807, 2.05) is 27.7 Å². The Balaban J connectivity index is 2.32. The molecule has 1 aliphatic heterocycles. The highest BCUT2D eigenvalue weighted by molar-refractivity contribution is 8.18. The molecule has 0 aliphatic carbocycles. The fourth-order valence-corrected chi connectivity index (χ4v) is 3.33. The molecule has 0 unspecified atom stereocenters. The van der Waals surface area contributed by atoms with Crippen molar-refractivity contribution in [3.05, 3.63) is 44.8 Å². The third-order valence-electron chi connectivity index (χ3n) is 3.12. The molecule has 23 heavy (non-hydrogen) atoms. The third kappa shape index (κ3) is 3.98. The molecule has 0 atom stereocenters. The topological polar surface area (TPSA) is 75.8 Å². The molecule has 0 aromatic heterocycles. The Morgan fingerprint density at radius 2 is 1.83 bits per heavy atom. The minimum absolute atomic E-state index is 0.0234. The van der Waals surface area contributed by atoms with Gasteiger partial charge in [0.2, 0.25) is 0 Å². The van der Waals surface area contributed by atoms with E-state index in [0.717, 1.165) is 5.56 Å². The van der Waals surface area contributed by atoms with Crippen molar-refractivity contribution in [2.45, 2.75) is 39.8 Å². The van der Waals surface area contributed by atoms with Gasteiger partial charge in [0.05, 0.1) is 9.83 Å². The van der Waals surface area contributed by atoms with Gasteiger partial charge in [0.15, 0.2) is 5.17 Å². The molecule has 0 saturated carbocycles. The van der Waals surface area contributed by atoms with Crippen LogP contribution in [0, 0.1) is 10.1 Å². The lowest BCUT2D eigenvalue weighted by atomic mass is 10.2. The molecule has 0 radical (unpaired) electrons. The van der Waals surface area contributed by atoms with Crippen molar-refractivity contribution in [2.75, 3.05) is 0 Å². The maximum Gasteiger partial charge on any atom is 0.269 e. The van der Waals surface area contributed by atoms with E-state index in [-0.39, 0.29) is 23.7 Å². The second-order valence-corrected chi connectivity index (χ2v) is 6.74. The molecule has 2 rings (SSSR count). The van der Waals surface area contributed by atoms with E-state index in [9.17, 15) is 14.9 Å². The first-order valence-corrected chi connectivity index (χ1v) is 8.16. The van der Waals surface area contributed by atoms with Gasteiger partial charge < -0.3 is 0 Å². The lowest BCUT2D eigenvalue weighted by Gasteiger charge is -2.20. The van der Waals surface area contributed by atoms with Gasteiger partial charge in [0.1, 0.15) is 0 Å². The van der Waals surface area contributed by atoms with Crippen molar-refractivity contribution in [1.29, 1.82) is 0 Å². The van der Waals surface area contributed by atoms with Gasteiger partial charge in [-0.2, -0.15) is 0 Å². The Labute approximate surface area is 139 Å². The van der Waals surface area contributed by atoms with Crippen LogP contribution in [-0.2, 0) is 4.79 Å². The minimum Gasteiger partial charge on any atom is -0.284 e. The Kier molecular flexibility index (Phi) is 5.20. The first kappa shape index (κ1) is 17.2. The van der Waals surface area contributed by atoms with Crippen LogP contribution >= 0.6 is 11.8 Å². The van der Waals surface area contributed by atoms with Crippen LogP contribution in [0.1, 0.15) is 33.3 Å². The van der Waals surface area contributed by atoms with Gasteiger partial charge >= 0.3 is 0 Å². The van der Waals surface area contributed by atoms with Gasteiger partial charge in [-0.25, -0.2) is 0 Å². The van der Waals surface area contributed by atoms with E-state index in [2.05, 4.69) is 4.99 Å². The monoisotopic (exact) mass is 333 g/mol. The van der Waals surface area contributed by atoms with E-state index < -0.39 is 4.92 Å². The number of hydrogen-bond donors (Lipinski definition) is 0. The van der Waals surface area contributed by atoms with Crippen LogP contribution in [0.5, 0.6) is 0 Å². The highest BCUT2D eigenvalue weighted by Crippen LogP contribution is 2.34. The lowest BCUT2D eigenvalue weighted by molar-refractivity contribution is -0.384. The van der Waals surface area contributed by atoms with Gasteiger partial charge in [-0.05, 0) is 63.2 Å². The number of hydrogen-bond acceptors (Lipinski definition) is 5. The average Bonchev–Trinajstić information content (AvgIpc) is 2.74. The summed E-state index contributed by atoms with van der Waals surface area (Å²) in [6.45, 7) is 7.83. The van der Waals surface area contributed by atoms with Crippen molar-refractivity contribution < 1.29 is 9.72 Å². The zero-order chi connectivity index (χ0) is 17.1. The molecule has 1 fully saturated rings. The van der Waals surface area contributed by atoms with Gasteiger partial charge in [-0.3, -0.25) is 24.8 Å². The highest BCUT2D eigenvalue weighted by Gasteiger charge is 2.35. The van der Waals surface area contributed by atoms with E-state index in [0.29, 0.717) is 10.1 Å². The van der Waals surface area contributed by atoms with Crippen molar-refractivity contribution in [2.24, 2.45) is 4.99 Å². The quantitative estimate of drug-likeness (QED) is 0.478. The van der Waals surface area contributed by atoms with Crippen molar-refractivity contribution in [1.82, 2.24) is 4.90 Å². The fourth-order valence-electron chi connectivity index (χ4n) is 2.10. The number of aliphatic imine (C=N–C) groups is 1. The molecular weight excluding hydrogens is 314 g/mol. The third-order valence-corrected chi connectivity index (χ3v) is 4.12. The van der Waals surface area contributed by atoms with Gasteiger partial charge in [0, 0.05) is 24.2 Å². The van der Waals surface area contributed by atoms with Crippen LogP contribution in [0.15, 0.2) is 34.2 Å². The molecule has 6 nitrogen and oxygen atoms in total. The number of carbonyl (C=O) groups excluding carboxylic acids is 1. The zero-order valence-electron chi connectivity index (χ0n) is 13.5. The maximum atomic E-state index is 12.6. The van der Waals surface area contributed by atoms with Crippen LogP contribution in [0.2, 0.25) is 0 Å². The summed E-state index contributed by atoms with van der Waals surface area (Å²) >= 11 is 1.34. The summed E-state index contributed by atoms with van der Waals surface area (Å²) in [4.78, 5) is 29.6. The van der Waals surface area contributed by atoms with Gasteiger partial charge in [-0.1, -0.05) is 0 Å². The molecule has 0 bridgehead atoms. The molecule has 1 heterocycles. The Morgan fingerprint density at radius 3 is 2.30 bits per heavy atom. The summed E-state index contributed by atoms with van der Waals surface area (Å²) in [6.07, 6.45) is 1.74. The standard InChI is InChI=1S/C16H19N3O3S/c1-10(2)17-16-18(11(3)4)15(20)14(23-16)9-12-5-7-13(8-6-12)19(21)22/h5-11H,1-4H3/b14-9+,17-16?. The lowest BCUT2D eigenvalue weighted by Crippen LogP contribution is -2.35. The Bertz CT molecular complexity index is 678. The van der Waals surface area contributed by atoms with Crippen LogP contribution in [-0.4, -0.2) is 33.0 Å². The molecule has 0 N–H and O–H groups in total. The molecule has 122 valence electrons. The summed E-state index contributed by atoms with van der Waals surface area (Å²) in [5.41, 5.74) is 0.782. The first-order valence-electron chi connectivity index (χ1n) is 7.35. The number of nitro groups is 1. The Morgan fingerprint density at radius 1 is 1.22 bits per heavy atom. The maximum absolute atomic E-state index is 12.6. The smallest absolute Gasteiger partial charge is 0.269 e. The van der Waals surface area contributed by atoms with Crippen LogP contribution < -0.4 is 0 Å². The first-order chi connectivity index (χ1) is 10.8. The summed E-state index contributed by atoms with van der Waals surface area (Å²) in [7, 11) is 0. The second kappa shape index (κ2) is 6.95. The van der Waals surface area contributed by atoms with Crippen molar-refractivity contribution >= 4 is 34.6 Å². The number of nitro benzene ring substituents is 1. The number of rotatable bonds is 4. The molecule has 1 aromatic carbocycles. The van der Waals surface area contributed by atoms with Crippen LogP contribution in [0.4, 0.5) is 5.69 Å². The van der Waals surface area contributed by atoms with E-state index in [1.165, 1.54) is 23.9 Å². The number of benzene rings is 1. The summed E-state index contributed by atoms with van der Waals surface area (Å²) in [5, 5.41) is 11.4. The van der Waals surface area contributed by atoms with Crippen LogP contribution in [0.25, 0.3) is 6.08 Å². The summed E-state index contributed by atoms with van der Waals surface area (Å²) in [5.74, 6) is -0.0808. The van der Waals surface area contributed by atoms with Crippen molar-refractivity contribution in [3.8, 4) is 0 Å². The number of nitrogens with zero attached hydrogens (tertiary/aromatic N) is 3. The largest absolute Gasteiger partial charge is 0.284 e. The summed E-state index contributed by atoms with van der Waals surface area (Å²) < 4.78 is 0. The molecular formula is C16H19N3O3S. The van der Waals surface area contributed by atoms with E-state index >= 15 is 0 Å². The van der Waals surface area contributed by atoms with Gasteiger partial charge in [0.25, 0.3) is 11.6 Å². The summed E-state index contributed by atoms with van der Waals surface area (Å²) in [6, 6.07) is 6.26. The van der Waals surface area contributed by atoms with Crippen LogP contribution in [0.3, 0.4) is 0 Å². The molecule has 1 aliphatic rings. The molecule has 1 amide bonds. The predicted molar refractivity (Wildman–Crippen MR) is 93.2 cm³/mol. The minimum atomic E-state index is -0.444. The highest BCUT2D eigenvalue weighted by atomic mass is 32.2. The number of non-ortho nitro benzene ring substituents is 1. The zero-order valence-corrected chi connectivity index (χ0v) is 14.3. The van der Waals surface area contributed by atoms with Gasteiger partial charge in [-0.15, -0.1) is 0 Å².